The number of para-hydroxylation sites is 1. The summed E-state index contributed by atoms with van der Waals surface area (Å²) >= 11 is 0. The summed E-state index contributed by atoms with van der Waals surface area (Å²) in [5.74, 6) is 0.00656. The Morgan fingerprint density at radius 3 is 2.89 bits per heavy atom. The number of carbonyl (C=O) groups is 1. The molecule has 6 heteroatoms. The normalized spacial score (nSPS) is 15.7. The Morgan fingerprint density at radius 1 is 1.42 bits per heavy atom. The fraction of sp³-hybridized carbons (Fsp3) is 0.385. The van der Waals surface area contributed by atoms with Crippen LogP contribution in [0.15, 0.2) is 29.4 Å². The number of morpholine rings is 1. The molecule has 1 heterocycles. The second kappa shape index (κ2) is 6.75. The Hall–Kier alpha value is -2.08. The van der Waals surface area contributed by atoms with Crippen molar-refractivity contribution in [3.8, 4) is 5.75 Å². The van der Waals surface area contributed by atoms with E-state index in [0.29, 0.717) is 31.9 Å². The molecule has 6 nitrogen and oxygen atoms in total. The smallest absolute Gasteiger partial charge is 0.263 e. The lowest BCUT2D eigenvalue weighted by Crippen LogP contribution is -2.42. The van der Waals surface area contributed by atoms with Gasteiger partial charge in [0.2, 0.25) is 0 Å². The predicted octanol–water partition coefficient (Wildman–Crippen LogP) is 0.601. The highest BCUT2D eigenvalue weighted by Crippen LogP contribution is 2.12. The van der Waals surface area contributed by atoms with Crippen molar-refractivity contribution < 1.29 is 19.5 Å². The van der Waals surface area contributed by atoms with Crippen molar-refractivity contribution in [2.24, 2.45) is 5.16 Å². The fourth-order valence-corrected chi connectivity index (χ4v) is 1.69. The SMILES string of the molecule is O=C(CO/N=C/c1ccccc1O)N1CCOCC1. The molecule has 0 atom stereocenters. The van der Waals surface area contributed by atoms with Crippen LogP contribution in [0, 0.1) is 0 Å². The molecule has 1 aliphatic heterocycles. The minimum absolute atomic E-state index is 0.107. The largest absolute Gasteiger partial charge is 0.507 e. The second-order valence-corrected chi connectivity index (χ2v) is 4.06. The molecule has 0 radical (unpaired) electrons. The van der Waals surface area contributed by atoms with Crippen molar-refractivity contribution in [2.45, 2.75) is 0 Å². The second-order valence-electron chi connectivity index (χ2n) is 4.06. The topological polar surface area (TPSA) is 71.4 Å². The maximum absolute atomic E-state index is 11.7. The van der Waals surface area contributed by atoms with Crippen molar-refractivity contribution in [3.63, 3.8) is 0 Å². The molecule has 1 aromatic carbocycles. The average Bonchev–Trinajstić information content (AvgIpc) is 2.46. The van der Waals surface area contributed by atoms with Crippen molar-refractivity contribution in [2.75, 3.05) is 32.9 Å². The number of carbonyl (C=O) groups excluding carboxylic acids is 1. The fourth-order valence-electron chi connectivity index (χ4n) is 1.69. The quantitative estimate of drug-likeness (QED) is 0.638. The average molecular weight is 264 g/mol. The maximum Gasteiger partial charge on any atom is 0.263 e. The number of phenols is 1. The van der Waals surface area contributed by atoms with Crippen LogP contribution in [-0.2, 0) is 14.4 Å². The number of phenolic OH excluding ortho intramolecular Hbond substituents is 1. The molecular weight excluding hydrogens is 248 g/mol. The first kappa shape index (κ1) is 13.4. The minimum Gasteiger partial charge on any atom is -0.507 e. The third-order valence-electron chi connectivity index (χ3n) is 2.75. The summed E-state index contributed by atoms with van der Waals surface area (Å²) in [5, 5.41) is 13.2. The van der Waals surface area contributed by atoms with Gasteiger partial charge in [-0.05, 0) is 12.1 Å². The third kappa shape index (κ3) is 3.96. The predicted molar refractivity (Wildman–Crippen MR) is 69.1 cm³/mol. The zero-order valence-electron chi connectivity index (χ0n) is 10.5. The van der Waals surface area contributed by atoms with E-state index in [4.69, 9.17) is 9.57 Å². The lowest BCUT2D eigenvalue weighted by Gasteiger charge is -2.26. The third-order valence-corrected chi connectivity index (χ3v) is 2.75. The standard InChI is InChI=1S/C13H16N2O4/c16-12-4-2-1-3-11(12)9-14-19-10-13(17)15-5-7-18-8-6-15/h1-4,9,16H,5-8,10H2/b14-9+. The van der Waals surface area contributed by atoms with Gasteiger partial charge in [0.1, 0.15) is 5.75 Å². The maximum atomic E-state index is 11.7. The van der Waals surface area contributed by atoms with Crippen LogP contribution in [0.1, 0.15) is 5.56 Å². The number of benzene rings is 1. The van der Waals surface area contributed by atoms with Gasteiger partial charge in [-0.1, -0.05) is 17.3 Å². The van der Waals surface area contributed by atoms with Gasteiger partial charge in [-0.25, -0.2) is 0 Å². The molecule has 0 saturated carbocycles. The Kier molecular flexibility index (Phi) is 4.74. The van der Waals surface area contributed by atoms with Crippen molar-refractivity contribution in [3.05, 3.63) is 29.8 Å². The molecule has 1 N–H and O–H groups in total. The molecule has 0 bridgehead atoms. The van der Waals surface area contributed by atoms with E-state index in [1.165, 1.54) is 6.21 Å². The van der Waals surface area contributed by atoms with Crippen LogP contribution in [0.5, 0.6) is 5.75 Å². The number of ether oxygens (including phenoxy) is 1. The number of hydrogen-bond acceptors (Lipinski definition) is 5. The van der Waals surface area contributed by atoms with Crippen molar-refractivity contribution in [1.29, 1.82) is 0 Å². The van der Waals surface area contributed by atoms with E-state index in [2.05, 4.69) is 5.16 Å². The van der Waals surface area contributed by atoms with Crippen LogP contribution in [0.4, 0.5) is 0 Å². The van der Waals surface area contributed by atoms with Gasteiger partial charge < -0.3 is 19.6 Å². The Morgan fingerprint density at radius 2 is 2.16 bits per heavy atom. The summed E-state index contributed by atoms with van der Waals surface area (Å²) in [7, 11) is 0. The summed E-state index contributed by atoms with van der Waals surface area (Å²) in [4.78, 5) is 18.3. The molecular formula is C13H16N2O4. The first-order valence-corrected chi connectivity index (χ1v) is 6.06. The van der Waals surface area contributed by atoms with E-state index in [0.717, 1.165) is 0 Å². The number of rotatable bonds is 4. The molecule has 2 rings (SSSR count). The van der Waals surface area contributed by atoms with Gasteiger partial charge in [0, 0.05) is 18.7 Å². The number of oxime groups is 1. The first-order valence-electron chi connectivity index (χ1n) is 6.06. The van der Waals surface area contributed by atoms with Crippen molar-refractivity contribution >= 4 is 12.1 Å². The highest BCUT2D eigenvalue weighted by atomic mass is 16.6. The van der Waals surface area contributed by atoms with Crippen LogP contribution in [0.2, 0.25) is 0 Å². The molecule has 1 amide bonds. The van der Waals surface area contributed by atoms with Gasteiger partial charge >= 0.3 is 0 Å². The Bertz CT molecular complexity index is 456. The summed E-state index contributed by atoms with van der Waals surface area (Å²) in [6.07, 6.45) is 1.38. The monoisotopic (exact) mass is 264 g/mol. The molecule has 19 heavy (non-hydrogen) atoms. The summed E-state index contributed by atoms with van der Waals surface area (Å²) in [5.41, 5.74) is 0.543. The lowest BCUT2D eigenvalue weighted by molar-refractivity contribution is -0.140. The molecule has 1 fully saturated rings. The van der Waals surface area contributed by atoms with E-state index in [-0.39, 0.29) is 18.3 Å². The summed E-state index contributed by atoms with van der Waals surface area (Å²) < 4.78 is 5.15. The zero-order valence-corrected chi connectivity index (χ0v) is 10.5. The van der Waals surface area contributed by atoms with E-state index < -0.39 is 0 Å². The Balaban J connectivity index is 1.77. The highest BCUT2D eigenvalue weighted by molar-refractivity contribution is 5.83. The van der Waals surface area contributed by atoms with Gasteiger partial charge in [-0.2, -0.15) is 0 Å². The van der Waals surface area contributed by atoms with Gasteiger partial charge in [0.05, 0.1) is 19.4 Å². The van der Waals surface area contributed by atoms with Gasteiger partial charge in [-0.15, -0.1) is 0 Å². The highest BCUT2D eigenvalue weighted by Gasteiger charge is 2.16. The molecule has 0 aromatic heterocycles. The molecule has 1 aliphatic rings. The van der Waals surface area contributed by atoms with Gasteiger partial charge in [0.25, 0.3) is 5.91 Å². The zero-order chi connectivity index (χ0) is 13.5. The minimum atomic E-state index is -0.113. The van der Waals surface area contributed by atoms with Crippen LogP contribution in [0.25, 0.3) is 0 Å². The molecule has 0 unspecified atom stereocenters. The van der Waals surface area contributed by atoms with E-state index in [1.54, 1.807) is 29.2 Å². The van der Waals surface area contributed by atoms with Crippen LogP contribution in [0.3, 0.4) is 0 Å². The van der Waals surface area contributed by atoms with Crippen LogP contribution in [-0.4, -0.2) is 55.0 Å². The molecule has 102 valence electrons. The van der Waals surface area contributed by atoms with E-state index in [1.807, 2.05) is 0 Å². The van der Waals surface area contributed by atoms with E-state index in [9.17, 15) is 9.90 Å². The van der Waals surface area contributed by atoms with E-state index >= 15 is 0 Å². The number of amides is 1. The molecule has 1 saturated heterocycles. The molecule has 1 aromatic rings. The summed E-state index contributed by atoms with van der Waals surface area (Å²) in [6.45, 7) is 2.20. The van der Waals surface area contributed by atoms with Gasteiger partial charge in [-0.3, -0.25) is 4.79 Å². The molecule has 0 aliphatic carbocycles. The molecule has 0 spiro atoms. The number of hydrogen-bond donors (Lipinski definition) is 1. The van der Waals surface area contributed by atoms with Crippen LogP contribution < -0.4 is 0 Å². The van der Waals surface area contributed by atoms with Crippen LogP contribution >= 0.6 is 0 Å². The van der Waals surface area contributed by atoms with Crippen molar-refractivity contribution in [1.82, 2.24) is 4.90 Å². The number of aromatic hydroxyl groups is 1. The number of nitrogens with zero attached hydrogens (tertiary/aromatic N) is 2. The Labute approximate surface area is 111 Å². The van der Waals surface area contributed by atoms with Gasteiger partial charge in [0.15, 0.2) is 6.61 Å². The lowest BCUT2D eigenvalue weighted by atomic mass is 10.2. The summed E-state index contributed by atoms with van der Waals surface area (Å²) in [6, 6.07) is 6.75. The first-order chi connectivity index (χ1) is 9.27.